The van der Waals surface area contributed by atoms with Crippen LogP contribution in [0.4, 0.5) is 0 Å². The van der Waals surface area contributed by atoms with Crippen LogP contribution in [0.1, 0.15) is 309 Å². The molecule has 1 unspecified atom stereocenters. The lowest BCUT2D eigenvalue weighted by molar-refractivity contribution is -0.154. The summed E-state index contributed by atoms with van der Waals surface area (Å²) in [4.78, 5) is 12.3. The van der Waals surface area contributed by atoms with Crippen LogP contribution in [0.15, 0.2) is 24.3 Å². The molecule has 4 heteroatoms. The zero-order valence-electron chi connectivity index (χ0n) is 41.7. The van der Waals surface area contributed by atoms with Crippen molar-refractivity contribution in [2.45, 2.75) is 315 Å². The number of hydrogen-bond donors (Lipinski definition) is 1. The van der Waals surface area contributed by atoms with Gasteiger partial charge in [-0.05, 0) is 44.9 Å². The largest absolute Gasteiger partial charge is 0.457 e. The zero-order chi connectivity index (χ0) is 44.0. The molecule has 61 heavy (non-hydrogen) atoms. The molecule has 0 aliphatic heterocycles. The zero-order valence-corrected chi connectivity index (χ0v) is 41.7. The summed E-state index contributed by atoms with van der Waals surface area (Å²) in [5.41, 5.74) is 0. The van der Waals surface area contributed by atoms with Crippen molar-refractivity contribution in [2.75, 3.05) is 19.8 Å². The summed E-state index contributed by atoms with van der Waals surface area (Å²) in [7, 11) is 0. The molecular weight excluding hydrogens is 749 g/mol. The Kier molecular flexibility index (Phi) is 54.0. The van der Waals surface area contributed by atoms with E-state index in [4.69, 9.17) is 9.47 Å². The van der Waals surface area contributed by atoms with Gasteiger partial charge in [-0.3, -0.25) is 4.79 Å². The van der Waals surface area contributed by atoms with Crippen LogP contribution in [-0.2, 0) is 14.3 Å². The molecule has 0 radical (unpaired) electrons. The third kappa shape index (κ3) is 53.1. The van der Waals surface area contributed by atoms with Crippen LogP contribution in [0, 0.1) is 0 Å². The Labute approximate surface area is 383 Å². The van der Waals surface area contributed by atoms with Gasteiger partial charge in [0.2, 0.25) is 0 Å². The number of ether oxygens (including phenoxy) is 2. The van der Waals surface area contributed by atoms with Crippen LogP contribution in [0.25, 0.3) is 0 Å². The van der Waals surface area contributed by atoms with E-state index >= 15 is 0 Å². The number of rotatable bonds is 53. The molecule has 1 N–H and O–H groups in total. The summed E-state index contributed by atoms with van der Waals surface area (Å²) >= 11 is 0. The second-order valence-electron chi connectivity index (χ2n) is 19.0. The first kappa shape index (κ1) is 59.9. The summed E-state index contributed by atoms with van der Waals surface area (Å²) < 4.78 is 11.2. The van der Waals surface area contributed by atoms with E-state index in [0.29, 0.717) is 19.6 Å². The van der Waals surface area contributed by atoms with Crippen LogP contribution >= 0.6 is 0 Å². The minimum Gasteiger partial charge on any atom is -0.457 e. The highest BCUT2D eigenvalue weighted by Gasteiger charge is 2.13. The fourth-order valence-electron chi connectivity index (χ4n) is 8.60. The Morgan fingerprint density at radius 3 is 1.02 bits per heavy atom. The maximum absolute atomic E-state index is 12.3. The SMILES string of the molecule is CCCCCCC/C=C\C/C=C\CCCCCCCCCCCCCCOCC(CO)OC(=O)CCCCCCCCCCCCCCCCCCCCCCCCCCC. The average Bonchev–Trinajstić information content (AvgIpc) is 3.27. The minimum atomic E-state index is -0.532. The normalized spacial score (nSPS) is 12.4. The van der Waals surface area contributed by atoms with Crippen molar-refractivity contribution in [3.05, 3.63) is 24.3 Å². The van der Waals surface area contributed by atoms with Crippen LogP contribution < -0.4 is 0 Å². The van der Waals surface area contributed by atoms with E-state index in [1.807, 2.05) is 0 Å². The molecule has 0 fully saturated rings. The number of unbranched alkanes of at least 4 members (excludes halogenated alkanes) is 41. The molecule has 0 aromatic rings. The second-order valence-corrected chi connectivity index (χ2v) is 19.0. The molecule has 0 spiro atoms. The summed E-state index contributed by atoms with van der Waals surface area (Å²) in [5.74, 6) is -0.193. The third-order valence-electron chi connectivity index (χ3n) is 12.8. The third-order valence-corrected chi connectivity index (χ3v) is 12.8. The topological polar surface area (TPSA) is 55.8 Å². The van der Waals surface area contributed by atoms with Crippen molar-refractivity contribution in [3.63, 3.8) is 0 Å². The van der Waals surface area contributed by atoms with E-state index in [1.165, 1.54) is 263 Å². The Morgan fingerprint density at radius 1 is 0.393 bits per heavy atom. The van der Waals surface area contributed by atoms with E-state index < -0.39 is 6.10 Å². The highest BCUT2D eigenvalue weighted by molar-refractivity contribution is 5.69. The van der Waals surface area contributed by atoms with Gasteiger partial charge >= 0.3 is 5.97 Å². The van der Waals surface area contributed by atoms with Crippen molar-refractivity contribution in [1.82, 2.24) is 0 Å². The predicted molar refractivity (Wildman–Crippen MR) is 270 cm³/mol. The van der Waals surface area contributed by atoms with E-state index in [-0.39, 0.29) is 12.6 Å². The van der Waals surface area contributed by atoms with E-state index in [0.717, 1.165) is 25.7 Å². The van der Waals surface area contributed by atoms with Gasteiger partial charge in [0.15, 0.2) is 0 Å². The number of carbonyl (C=O) groups is 1. The van der Waals surface area contributed by atoms with Gasteiger partial charge < -0.3 is 14.6 Å². The molecular formula is C57H110O4. The monoisotopic (exact) mass is 859 g/mol. The fraction of sp³-hybridized carbons (Fsp3) is 0.912. The number of aliphatic hydroxyl groups excluding tert-OH is 1. The van der Waals surface area contributed by atoms with Crippen LogP contribution in [-0.4, -0.2) is 37.0 Å². The molecule has 1 atom stereocenters. The predicted octanol–water partition coefficient (Wildman–Crippen LogP) is 19.0. The molecule has 0 aromatic carbocycles. The highest BCUT2D eigenvalue weighted by Crippen LogP contribution is 2.17. The molecule has 0 aliphatic rings. The van der Waals surface area contributed by atoms with Gasteiger partial charge in [0.1, 0.15) is 6.10 Å². The van der Waals surface area contributed by atoms with E-state index in [9.17, 15) is 9.90 Å². The fourth-order valence-corrected chi connectivity index (χ4v) is 8.60. The maximum atomic E-state index is 12.3. The Bertz CT molecular complexity index is 867. The molecule has 0 heterocycles. The number of esters is 1. The molecule has 0 rings (SSSR count). The standard InChI is InChI=1S/C57H110O4/c1-3-5-7-9-11-13-15-17-19-21-23-25-27-29-30-32-34-36-38-40-42-44-46-48-50-52-57(59)61-56(54-58)55-60-53-51-49-47-45-43-41-39-37-35-33-31-28-26-24-22-20-18-16-14-12-10-8-6-4-2/h16,18,22,24,56,58H,3-15,17,19-21,23,25-55H2,1-2H3/b18-16-,24-22-. The van der Waals surface area contributed by atoms with E-state index in [1.54, 1.807) is 0 Å². The van der Waals surface area contributed by atoms with Crippen molar-refractivity contribution in [2.24, 2.45) is 0 Å². The van der Waals surface area contributed by atoms with E-state index in [2.05, 4.69) is 38.2 Å². The lowest BCUT2D eigenvalue weighted by Crippen LogP contribution is -2.27. The Hall–Kier alpha value is -1.13. The van der Waals surface area contributed by atoms with Crippen LogP contribution in [0.3, 0.4) is 0 Å². The van der Waals surface area contributed by atoms with Gasteiger partial charge in [-0.15, -0.1) is 0 Å². The lowest BCUT2D eigenvalue weighted by atomic mass is 10.0. The lowest BCUT2D eigenvalue weighted by Gasteiger charge is -2.16. The maximum Gasteiger partial charge on any atom is 0.306 e. The van der Waals surface area contributed by atoms with Crippen LogP contribution in [0.2, 0.25) is 0 Å². The molecule has 0 saturated carbocycles. The molecule has 362 valence electrons. The second kappa shape index (κ2) is 55.0. The van der Waals surface area contributed by atoms with Gasteiger partial charge in [0.25, 0.3) is 0 Å². The first-order chi connectivity index (χ1) is 30.2. The molecule has 4 nitrogen and oxygen atoms in total. The van der Waals surface area contributed by atoms with Crippen molar-refractivity contribution >= 4 is 5.97 Å². The van der Waals surface area contributed by atoms with Crippen molar-refractivity contribution < 1.29 is 19.4 Å². The Morgan fingerprint density at radius 2 is 0.689 bits per heavy atom. The quantitative estimate of drug-likeness (QED) is 0.0376. The van der Waals surface area contributed by atoms with Crippen molar-refractivity contribution in [3.8, 4) is 0 Å². The number of aliphatic hydroxyl groups is 1. The number of carbonyl (C=O) groups excluding carboxylic acids is 1. The van der Waals surface area contributed by atoms with Crippen molar-refractivity contribution in [1.29, 1.82) is 0 Å². The smallest absolute Gasteiger partial charge is 0.306 e. The minimum absolute atomic E-state index is 0.167. The molecule has 0 aliphatic carbocycles. The summed E-state index contributed by atoms with van der Waals surface area (Å²) in [6.07, 6.45) is 70.1. The Balaban J connectivity index is 3.35. The summed E-state index contributed by atoms with van der Waals surface area (Å²) in [5, 5.41) is 9.67. The molecule has 0 saturated heterocycles. The van der Waals surface area contributed by atoms with Gasteiger partial charge in [-0.25, -0.2) is 0 Å². The van der Waals surface area contributed by atoms with Crippen LogP contribution in [0.5, 0.6) is 0 Å². The molecule has 0 aromatic heterocycles. The first-order valence-electron chi connectivity index (χ1n) is 27.9. The summed E-state index contributed by atoms with van der Waals surface area (Å²) in [6.45, 7) is 5.39. The molecule has 0 bridgehead atoms. The number of hydrogen-bond acceptors (Lipinski definition) is 4. The number of allylic oxidation sites excluding steroid dienone is 4. The van der Waals surface area contributed by atoms with Gasteiger partial charge in [0.05, 0.1) is 13.2 Å². The highest BCUT2D eigenvalue weighted by atomic mass is 16.6. The first-order valence-corrected chi connectivity index (χ1v) is 27.9. The van der Waals surface area contributed by atoms with Gasteiger partial charge in [0, 0.05) is 13.0 Å². The van der Waals surface area contributed by atoms with Gasteiger partial charge in [-0.1, -0.05) is 282 Å². The van der Waals surface area contributed by atoms with Gasteiger partial charge in [-0.2, -0.15) is 0 Å². The average molecular weight is 860 g/mol. The molecule has 0 amide bonds. The summed E-state index contributed by atoms with van der Waals surface area (Å²) in [6, 6.07) is 0.